The number of carbonyl (C=O) groups is 1. The summed E-state index contributed by atoms with van der Waals surface area (Å²) in [7, 11) is 0. The lowest BCUT2D eigenvalue weighted by molar-refractivity contribution is 0.203. The Balaban J connectivity index is 1.59. The van der Waals surface area contributed by atoms with Crippen molar-refractivity contribution >= 4 is 11.7 Å². The molecule has 3 rings (SSSR count). The van der Waals surface area contributed by atoms with Crippen molar-refractivity contribution < 1.29 is 14.6 Å². The molecule has 1 fully saturated rings. The first kappa shape index (κ1) is 17.3. The zero-order valence-corrected chi connectivity index (χ0v) is 14.2. The van der Waals surface area contributed by atoms with E-state index in [0.717, 1.165) is 36.3 Å². The molecule has 1 saturated carbocycles. The van der Waals surface area contributed by atoms with Gasteiger partial charge in [-0.1, -0.05) is 42.8 Å². The summed E-state index contributed by atoms with van der Waals surface area (Å²) in [6.45, 7) is 0.496. The van der Waals surface area contributed by atoms with E-state index >= 15 is 0 Å². The molecule has 0 unspecified atom stereocenters. The Morgan fingerprint density at radius 1 is 1.08 bits per heavy atom. The number of hydrogen-bond acceptors (Lipinski definition) is 3. The molecule has 5 heteroatoms. The van der Waals surface area contributed by atoms with Gasteiger partial charge in [-0.3, -0.25) is 0 Å². The summed E-state index contributed by atoms with van der Waals surface area (Å²) in [6.07, 6.45) is 2.91. The van der Waals surface area contributed by atoms with Gasteiger partial charge < -0.3 is 20.5 Å². The van der Waals surface area contributed by atoms with Gasteiger partial charge in [-0.25, -0.2) is 4.79 Å². The Bertz CT molecular complexity index is 690. The second-order valence-electron chi connectivity index (χ2n) is 6.34. The van der Waals surface area contributed by atoms with Gasteiger partial charge in [0.25, 0.3) is 0 Å². The van der Waals surface area contributed by atoms with Crippen LogP contribution in [0, 0.1) is 5.92 Å². The predicted octanol–water partition coefficient (Wildman–Crippen LogP) is 3.55. The van der Waals surface area contributed by atoms with Gasteiger partial charge in [-0.2, -0.15) is 0 Å². The van der Waals surface area contributed by atoms with Gasteiger partial charge in [0.2, 0.25) is 0 Å². The summed E-state index contributed by atoms with van der Waals surface area (Å²) < 4.78 is 5.78. The van der Waals surface area contributed by atoms with Crippen LogP contribution in [-0.2, 0) is 6.61 Å². The van der Waals surface area contributed by atoms with Crippen LogP contribution in [0.4, 0.5) is 10.5 Å². The number of para-hydroxylation sites is 2. The van der Waals surface area contributed by atoms with Gasteiger partial charge in [0.15, 0.2) is 0 Å². The minimum absolute atomic E-state index is 0.0396. The van der Waals surface area contributed by atoms with Crippen molar-refractivity contribution in [1.29, 1.82) is 0 Å². The molecule has 2 aromatic rings. The van der Waals surface area contributed by atoms with Gasteiger partial charge in [0.05, 0.1) is 0 Å². The molecular weight excluding hydrogens is 316 g/mol. The van der Waals surface area contributed by atoms with Crippen molar-refractivity contribution in [3.8, 4) is 5.75 Å². The number of benzene rings is 2. The van der Waals surface area contributed by atoms with Crippen LogP contribution in [0.5, 0.6) is 5.75 Å². The van der Waals surface area contributed by atoms with E-state index in [4.69, 9.17) is 4.74 Å². The topological polar surface area (TPSA) is 70.6 Å². The molecule has 3 N–H and O–H groups in total. The van der Waals surface area contributed by atoms with E-state index in [1.165, 1.54) is 0 Å². The highest BCUT2D eigenvalue weighted by Gasteiger charge is 2.27. The van der Waals surface area contributed by atoms with Crippen LogP contribution in [-0.4, -0.2) is 23.8 Å². The zero-order chi connectivity index (χ0) is 17.5. The van der Waals surface area contributed by atoms with E-state index in [0.29, 0.717) is 6.61 Å². The molecule has 0 aromatic heterocycles. The summed E-state index contributed by atoms with van der Waals surface area (Å²) in [5.41, 5.74) is 1.64. The number of hydrogen-bond donors (Lipinski definition) is 3. The number of nitrogens with one attached hydrogen (secondary N) is 2. The van der Waals surface area contributed by atoms with Crippen molar-refractivity contribution in [2.45, 2.75) is 31.9 Å². The minimum atomic E-state index is -0.238. The molecule has 1 aliphatic rings. The quantitative estimate of drug-likeness (QED) is 0.753. The van der Waals surface area contributed by atoms with Gasteiger partial charge in [0, 0.05) is 29.8 Å². The second kappa shape index (κ2) is 8.53. The van der Waals surface area contributed by atoms with E-state index in [-0.39, 0.29) is 24.6 Å². The standard InChI is InChI=1S/C20H24N2O3/c23-13-15-8-6-12-18(15)21-20(24)22-19-11-5-4-7-16(19)14-25-17-9-2-1-3-10-17/h1-5,7,9-11,15,18,23H,6,8,12-14H2,(H2,21,22,24)/t15-,18+/m0/s1. The molecule has 0 bridgehead atoms. The number of aliphatic hydroxyl groups excluding tert-OH is 1. The lowest BCUT2D eigenvalue weighted by Crippen LogP contribution is -2.41. The van der Waals surface area contributed by atoms with E-state index in [1.807, 2.05) is 54.6 Å². The molecule has 0 spiro atoms. The smallest absolute Gasteiger partial charge is 0.319 e. The fraction of sp³-hybridized carbons (Fsp3) is 0.350. The number of aliphatic hydroxyl groups is 1. The summed E-state index contributed by atoms with van der Waals surface area (Å²) in [5, 5.41) is 15.3. The Morgan fingerprint density at radius 2 is 1.84 bits per heavy atom. The maximum atomic E-state index is 12.3. The number of ether oxygens (including phenoxy) is 1. The molecule has 2 atom stereocenters. The highest BCUT2D eigenvalue weighted by molar-refractivity contribution is 5.90. The third-order valence-electron chi connectivity index (χ3n) is 4.61. The van der Waals surface area contributed by atoms with Crippen molar-refractivity contribution in [1.82, 2.24) is 5.32 Å². The number of carbonyl (C=O) groups excluding carboxylic acids is 1. The normalized spacial score (nSPS) is 19.4. The Labute approximate surface area is 148 Å². The lowest BCUT2D eigenvalue weighted by Gasteiger charge is -2.20. The molecule has 0 radical (unpaired) electrons. The largest absolute Gasteiger partial charge is 0.489 e. The maximum Gasteiger partial charge on any atom is 0.319 e. The minimum Gasteiger partial charge on any atom is -0.489 e. The highest BCUT2D eigenvalue weighted by atomic mass is 16.5. The summed E-state index contributed by atoms with van der Waals surface area (Å²) in [6, 6.07) is 17.0. The average molecular weight is 340 g/mol. The number of amides is 2. The highest BCUT2D eigenvalue weighted by Crippen LogP contribution is 2.25. The molecule has 0 heterocycles. The second-order valence-corrected chi connectivity index (χ2v) is 6.34. The Kier molecular flexibility index (Phi) is 5.90. The molecule has 2 amide bonds. The van der Waals surface area contributed by atoms with Crippen LogP contribution in [0.25, 0.3) is 0 Å². The molecule has 5 nitrogen and oxygen atoms in total. The Morgan fingerprint density at radius 3 is 2.64 bits per heavy atom. The van der Waals surface area contributed by atoms with Crippen molar-refractivity contribution in [2.24, 2.45) is 5.92 Å². The summed E-state index contributed by atoms with van der Waals surface area (Å²) >= 11 is 0. The monoisotopic (exact) mass is 340 g/mol. The first-order valence-corrected chi connectivity index (χ1v) is 8.70. The van der Waals surface area contributed by atoms with Gasteiger partial charge in [0.1, 0.15) is 12.4 Å². The van der Waals surface area contributed by atoms with E-state index in [1.54, 1.807) is 0 Å². The Hall–Kier alpha value is -2.53. The van der Waals surface area contributed by atoms with Gasteiger partial charge >= 0.3 is 6.03 Å². The van der Waals surface area contributed by atoms with E-state index in [9.17, 15) is 9.90 Å². The third kappa shape index (κ3) is 4.73. The lowest BCUT2D eigenvalue weighted by atomic mass is 10.1. The fourth-order valence-electron chi connectivity index (χ4n) is 3.22. The van der Waals surface area contributed by atoms with Crippen LogP contribution in [0.2, 0.25) is 0 Å². The predicted molar refractivity (Wildman–Crippen MR) is 97.6 cm³/mol. The van der Waals surface area contributed by atoms with Crippen LogP contribution in [0.3, 0.4) is 0 Å². The van der Waals surface area contributed by atoms with Crippen molar-refractivity contribution in [3.63, 3.8) is 0 Å². The van der Waals surface area contributed by atoms with E-state index in [2.05, 4.69) is 10.6 Å². The SMILES string of the molecule is O=C(Nc1ccccc1COc1ccccc1)N[C@@H]1CCC[C@H]1CO. The molecule has 132 valence electrons. The van der Waals surface area contributed by atoms with E-state index < -0.39 is 0 Å². The van der Waals surface area contributed by atoms with Crippen LogP contribution >= 0.6 is 0 Å². The maximum absolute atomic E-state index is 12.3. The first-order chi connectivity index (χ1) is 12.3. The number of urea groups is 1. The molecule has 0 aliphatic heterocycles. The van der Waals surface area contributed by atoms with Crippen molar-refractivity contribution in [3.05, 3.63) is 60.2 Å². The molecule has 0 saturated heterocycles. The fourth-order valence-corrected chi connectivity index (χ4v) is 3.22. The van der Waals surface area contributed by atoms with Gasteiger partial charge in [-0.15, -0.1) is 0 Å². The molecule has 2 aromatic carbocycles. The first-order valence-electron chi connectivity index (χ1n) is 8.70. The average Bonchev–Trinajstić information content (AvgIpc) is 3.09. The van der Waals surface area contributed by atoms with Crippen LogP contribution in [0.15, 0.2) is 54.6 Å². The number of rotatable bonds is 6. The number of anilines is 1. The summed E-state index contributed by atoms with van der Waals surface area (Å²) in [5.74, 6) is 0.945. The molecular formula is C20H24N2O3. The zero-order valence-electron chi connectivity index (χ0n) is 14.2. The molecule has 1 aliphatic carbocycles. The van der Waals surface area contributed by atoms with Crippen LogP contribution < -0.4 is 15.4 Å². The van der Waals surface area contributed by atoms with Crippen LogP contribution in [0.1, 0.15) is 24.8 Å². The van der Waals surface area contributed by atoms with Crippen molar-refractivity contribution in [2.75, 3.05) is 11.9 Å². The molecule has 25 heavy (non-hydrogen) atoms. The van der Waals surface area contributed by atoms with Gasteiger partial charge in [-0.05, 0) is 31.0 Å². The third-order valence-corrected chi connectivity index (χ3v) is 4.61. The summed E-state index contributed by atoms with van der Waals surface area (Å²) in [4.78, 5) is 12.3.